The zero-order chi connectivity index (χ0) is 24.0. The fourth-order valence-electron chi connectivity index (χ4n) is 3.83. The van der Waals surface area contributed by atoms with Gasteiger partial charge in [0.25, 0.3) is 11.7 Å². The van der Waals surface area contributed by atoms with E-state index in [2.05, 4.69) is 0 Å². The predicted octanol–water partition coefficient (Wildman–Crippen LogP) is 3.56. The predicted molar refractivity (Wildman–Crippen MR) is 123 cm³/mol. The molecule has 1 saturated heterocycles. The van der Waals surface area contributed by atoms with E-state index in [9.17, 15) is 14.7 Å². The zero-order valence-corrected chi connectivity index (χ0v) is 19.3. The van der Waals surface area contributed by atoms with Crippen LogP contribution in [0.25, 0.3) is 5.76 Å². The average molecular weight is 456 g/mol. The van der Waals surface area contributed by atoms with E-state index in [1.165, 1.54) is 19.1 Å². The summed E-state index contributed by atoms with van der Waals surface area (Å²) in [7, 11) is 3.05. The van der Waals surface area contributed by atoms with E-state index in [1.807, 2.05) is 13.8 Å². The van der Waals surface area contributed by atoms with Gasteiger partial charge in [-0.2, -0.15) is 0 Å². The zero-order valence-electron chi connectivity index (χ0n) is 19.3. The highest BCUT2D eigenvalue weighted by Gasteiger charge is 2.46. The molecule has 1 amide bonds. The number of ketones is 1. The average Bonchev–Trinajstić information content (AvgIpc) is 3.07. The van der Waals surface area contributed by atoms with E-state index in [-0.39, 0.29) is 24.5 Å². The Hall–Kier alpha value is -3.52. The Balaban J connectivity index is 2.18. The molecule has 1 N–H and O–H groups in total. The second-order valence-electron chi connectivity index (χ2n) is 7.29. The molecule has 0 aliphatic carbocycles. The van der Waals surface area contributed by atoms with Crippen molar-refractivity contribution >= 4 is 17.4 Å². The molecule has 1 heterocycles. The lowest BCUT2D eigenvalue weighted by atomic mass is 9.95. The Labute approximate surface area is 193 Å². The Morgan fingerprint density at radius 1 is 1.00 bits per heavy atom. The van der Waals surface area contributed by atoms with E-state index in [4.69, 9.17) is 18.9 Å². The van der Waals surface area contributed by atoms with Gasteiger partial charge in [-0.05, 0) is 43.7 Å². The van der Waals surface area contributed by atoms with Gasteiger partial charge in [-0.25, -0.2) is 0 Å². The van der Waals surface area contributed by atoms with Gasteiger partial charge in [-0.15, -0.1) is 0 Å². The first-order valence-electron chi connectivity index (χ1n) is 10.8. The number of benzene rings is 2. The lowest BCUT2D eigenvalue weighted by Crippen LogP contribution is -2.32. The molecule has 3 rings (SSSR count). The molecule has 0 radical (unpaired) electrons. The number of aliphatic hydroxyl groups is 1. The summed E-state index contributed by atoms with van der Waals surface area (Å²) >= 11 is 0. The molecule has 0 aromatic heterocycles. The number of aliphatic hydroxyl groups excluding tert-OH is 1. The molecule has 33 heavy (non-hydrogen) atoms. The van der Waals surface area contributed by atoms with Gasteiger partial charge in [-0.3, -0.25) is 9.59 Å². The van der Waals surface area contributed by atoms with E-state index in [1.54, 1.807) is 42.5 Å². The summed E-state index contributed by atoms with van der Waals surface area (Å²) < 4.78 is 21.7. The monoisotopic (exact) mass is 455 g/mol. The van der Waals surface area contributed by atoms with Gasteiger partial charge >= 0.3 is 0 Å². The third-order valence-electron chi connectivity index (χ3n) is 5.30. The number of rotatable bonds is 10. The Morgan fingerprint density at radius 2 is 1.76 bits per heavy atom. The minimum Gasteiger partial charge on any atom is -0.507 e. The van der Waals surface area contributed by atoms with Crippen LogP contribution in [0, 0.1) is 0 Å². The maximum absolute atomic E-state index is 13.1. The molecule has 1 fully saturated rings. The van der Waals surface area contributed by atoms with Crippen molar-refractivity contribution in [2.45, 2.75) is 19.9 Å². The van der Waals surface area contributed by atoms with Crippen molar-refractivity contribution < 1.29 is 33.6 Å². The molecule has 2 aromatic carbocycles. The van der Waals surface area contributed by atoms with Crippen molar-refractivity contribution in [3.05, 3.63) is 59.2 Å². The number of ether oxygens (including phenoxy) is 4. The summed E-state index contributed by atoms with van der Waals surface area (Å²) in [4.78, 5) is 27.4. The Kier molecular flexibility index (Phi) is 7.95. The molecule has 8 heteroatoms. The maximum Gasteiger partial charge on any atom is 0.295 e. The molecule has 2 aromatic rings. The summed E-state index contributed by atoms with van der Waals surface area (Å²) in [6.07, 6.45) is 0. The van der Waals surface area contributed by atoms with Crippen LogP contribution in [0.2, 0.25) is 0 Å². The Morgan fingerprint density at radius 3 is 2.42 bits per heavy atom. The molecule has 176 valence electrons. The van der Waals surface area contributed by atoms with Crippen LogP contribution in [0.5, 0.6) is 17.2 Å². The second-order valence-corrected chi connectivity index (χ2v) is 7.29. The van der Waals surface area contributed by atoms with E-state index < -0.39 is 17.7 Å². The molecule has 0 bridgehead atoms. The summed E-state index contributed by atoms with van der Waals surface area (Å²) in [5.74, 6) is -0.173. The smallest absolute Gasteiger partial charge is 0.295 e. The van der Waals surface area contributed by atoms with Crippen molar-refractivity contribution in [1.29, 1.82) is 0 Å². The SMILES string of the molecule is CCOc1cccc(/C(O)=C2/C(=O)C(=O)N(CCOC)C2c2ccc(OC)c(OCC)c2)c1. The molecule has 0 saturated carbocycles. The fourth-order valence-corrected chi connectivity index (χ4v) is 3.83. The van der Waals surface area contributed by atoms with Crippen LogP contribution in [0.4, 0.5) is 0 Å². The fraction of sp³-hybridized carbons (Fsp3) is 0.360. The number of hydrogen-bond acceptors (Lipinski definition) is 7. The quantitative estimate of drug-likeness (QED) is 0.333. The first-order valence-corrected chi connectivity index (χ1v) is 10.8. The van der Waals surface area contributed by atoms with E-state index in [0.717, 1.165) is 0 Å². The summed E-state index contributed by atoms with van der Waals surface area (Å²) in [6.45, 7) is 4.98. The number of nitrogens with zero attached hydrogens (tertiary/aromatic N) is 1. The van der Waals surface area contributed by atoms with Crippen molar-refractivity contribution in [1.82, 2.24) is 4.90 Å². The van der Waals surface area contributed by atoms with Gasteiger partial charge in [0.05, 0.1) is 38.5 Å². The third kappa shape index (κ3) is 4.96. The summed E-state index contributed by atoms with van der Waals surface area (Å²) in [5.41, 5.74) is 0.990. The van der Waals surface area contributed by atoms with Crippen molar-refractivity contribution in [2.24, 2.45) is 0 Å². The molecular weight excluding hydrogens is 426 g/mol. The van der Waals surface area contributed by atoms with Gasteiger partial charge in [0, 0.05) is 19.2 Å². The first kappa shape index (κ1) is 24.1. The molecule has 1 aliphatic rings. The van der Waals surface area contributed by atoms with Crippen molar-refractivity contribution in [3.8, 4) is 17.2 Å². The first-order chi connectivity index (χ1) is 16.0. The molecule has 1 aliphatic heterocycles. The maximum atomic E-state index is 13.1. The van der Waals surface area contributed by atoms with Crippen molar-refractivity contribution in [3.63, 3.8) is 0 Å². The van der Waals surface area contributed by atoms with Gasteiger partial charge in [-0.1, -0.05) is 18.2 Å². The van der Waals surface area contributed by atoms with Crippen LogP contribution in [0.1, 0.15) is 31.0 Å². The lowest BCUT2D eigenvalue weighted by Gasteiger charge is -2.25. The number of amides is 1. The van der Waals surface area contributed by atoms with Gasteiger partial charge < -0.3 is 29.0 Å². The van der Waals surface area contributed by atoms with Crippen LogP contribution in [-0.2, 0) is 14.3 Å². The van der Waals surface area contributed by atoms with E-state index in [0.29, 0.717) is 41.6 Å². The minimum absolute atomic E-state index is 0.00244. The highest BCUT2D eigenvalue weighted by Crippen LogP contribution is 2.42. The highest BCUT2D eigenvalue weighted by molar-refractivity contribution is 6.46. The van der Waals surface area contributed by atoms with E-state index >= 15 is 0 Å². The largest absolute Gasteiger partial charge is 0.507 e. The Bertz CT molecular complexity index is 1050. The normalized spacial score (nSPS) is 17.3. The standard InChI is InChI=1S/C25H29NO7/c1-5-32-18-9-7-8-17(14-18)23(27)21-22(26(12-13-30-3)25(29)24(21)28)16-10-11-19(31-4)20(15-16)33-6-2/h7-11,14-15,22,27H,5-6,12-13H2,1-4H3/b23-21-. The van der Waals surface area contributed by atoms with Gasteiger partial charge in [0.1, 0.15) is 11.5 Å². The minimum atomic E-state index is -0.819. The number of carbonyl (C=O) groups excluding carboxylic acids is 2. The lowest BCUT2D eigenvalue weighted by molar-refractivity contribution is -0.140. The van der Waals surface area contributed by atoms with Crippen LogP contribution in [-0.4, -0.2) is 62.3 Å². The second kappa shape index (κ2) is 10.9. The van der Waals surface area contributed by atoms with Gasteiger partial charge in [0.15, 0.2) is 11.5 Å². The molecule has 0 spiro atoms. The summed E-state index contributed by atoms with van der Waals surface area (Å²) in [5, 5.41) is 11.2. The topological polar surface area (TPSA) is 94.5 Å². The number of carbonyl (C=O) groups is 2. The molecule has 8 nitrogen and oxygen atoms in total. The summed E-state index contributed by atoms with van der Waals surface area (Å²) in [6, 6.07) is 11.1. The number of methoxy groups -OCH3 is 2. The van der Waals surface area contributed by atoms with Crippen LogP contribution in [0.3, 0.4) is 0 Å². The molecule has 1 atom stereocenters. The number of likely N-dealkylation sites (tertiary alicyclic amines) is 1. The molecular formula is C25H29NO7. The highest BCUT2D eigenvalue weighted by atomic mass is 16.5. The number of hydrogen-bond donors (Lipinski definition) is 1. The van der Waals surface area contributed by atoms with Gasteiger partial charge in [0.2, 0.25) is 0 Å². The number of Topliss-reactive ketones (excluding diaryl/α,β-unsaturated/α-hetero) is 1. The van der Waals surface area contributed by atoms with Crippen LogP contribution < -0.4 is 14.2 Å². The van der Waals surface area contributed by atoms with Crippen LogP contribution >= 0.6 is 0 Å². The molecule has 1 unspecified atom stereocenters. The van der Waals surface area contributed by atoms with Crippen LogP contribution in [0.15, 0.2) is 48.0 Å². The third-order valence-corrected chi connectivity index (χ3v) is 5.30. The van der Waals surface area contributed by atoms with Crippen molar-refractivity contribution in [2.75, 3.05) is 40.6 Å².